The molecule has 0 spiro atoms. The van der Waals surface area contributed by atoms with E-state index in [9.17, 15) is 9.59 Å². The Labute approximate surface area is 223 Å². The SMILES string of the molecule is O=C(NCc1cccnc1)Nc1ccc(-c2ccc(C(=O)NCCN3CCCCC3)c(NC3CC3)n2)cc1. The van der Waals surface area contributed by atoms with Crippen LogP contribution in [-0.2, 0) is 6.54 Å². The number of pyridine rings is 2. The highest BCUT2D eigenvalue weighted by Gasteiger charge is 2.24. The van der Waals surface area contributed by atoms with Crippen LogP contribution in [0.2, 0.25) is 0 Å². The summed E-state index contributed by atoms with van der Waals surface area (Å²) in [6.45, 7) is 4.14. The number of hydrogen-bond acceptors (Lipinski definition) is 6. The van der Waals surface area contributed by atoms with Crippen LogP contribution >= 0.6 is 0 Å². The molecule has 1 saturated heterocycles. The van der Waals surface area contributed by atoms with Gasteiger partial charge < -0.3 is 26.2 Å². The van der Waals surface area contributed by atoms with E-state index in [0.717, 1.165) is 49.3 Å². The standard InChI is InChI=1S/C29H35N7O2/c37-28(31-15-18-36-16-2-1-3-17-36)25-12-13-26(35-27(25)33-23-10-11-23)22-6-8-24(9-7-22)34-29(38)32-20-21-5-4-14-30-19-21/h4-9,12-14,19,23H,1-3,10-11,15-18,20H2,(H,31,37)(H,33,35)(H2,32,34,38). The molecule has 2 fully saturated rings. The quantitative estimate of drug-likeness (QED) is 0.323. The molecule has 9 nitrogen and oxygen atoms in total. The molecule has 2 aromatic heterocycles. The summed E-state index contributed by atoms with van der Waals surface area (Å²) in [5, 5.41) is 12.2. The van der Waals surface area contributed by atoms with Gasteiger partial charge >= 0.3 is 6.03 Å². The normalized spacial score (nSPS) is 15.5. The molecule has 1 saturated carbocycles. The van der Waals surface area contributed by atoms with Crippen molar-refractivity contribution in [2.24, 2.45) is 0 Å². The predicted molar refractivity (Wildman–Crippen MR) is 149 cm³/mol. The van der Waals surface area contributed by atoms with Gasteiger partial charge in [-0.3, -0.25) is 9.78 Å². The maximum Gasteiger partial charge on any atom is 0.319 e. The molecule has 1 aliphatic carbocycles. The first-order valence-corrected chi connectivity index (χ1v) is 13.5. The van der Waals surface area contributed by atoms with Gasteiger partial charge in [0, 0.05) is 49.3 Å². The number of aromatic nitrogens is 2. The zero-order valence-corrected chi connectivity index (χ0v) is 21.6. The molecular formula is C29H35N7O2. The lowest BCUT2D eigenvalue weighted by atomic mass is 10.1. The van der Waals surface area contributed by atoms with E-state index in [-0.39, 0.29) is 11.9 Å². The number of likely N-dealkylation sites (tertiary alicyclic amines) is 1. The monoisotopic (exact) mass is 513 g/mol. The Kier molecular flexibility index (Phi) is 8.45. The Bertz CT molecular complexity index is 1220. The topological polar surface area (TPSA) is 111 Å². The van der Waals surface area contributed by atoms with Crippen LogP contribution in [0.1, 0.15) is 48.0 Å². The van der Waals surface area contributed by atoms with E-state index < -0.39 is 0 Å². The lowest BCUT2D eigenvalue weighted by Gasteiger charge is -2.26. The van der Waals surface area contributed by atoms with Crippen molar-refractivity contribution in [2.45, 2.75) is 44.7 Å². The highest BCUT2D eigenvalue weighted by atomic mass is 16.2. The summed E-state index contributed by atoms with van der Waals surface area (Å²) in [4.78, 5) is 36.5. The number of nitrogens with one attached hydrogen (secondary N) is 4. The second-order valence-corrected chi connectivity index (χ2v) is 9.92. The number of piperidine rings is 1. The maximum atomic E-state index is 13.0. The number of hydrogen-bond donors (Lipinski definition) is 4. The smallest absolute Gasteiger partial charge is 0.319 e. The molecular weight excluding hydrogens is 478 g/mol. The van der Waals surface area contributed by atoms with Crippen LogP contribution in [-0.4, -0.2) is 59.0 Å². The molecule has 4 N–H and O–H groups in total. The van der Waals surface area contributed by atoms with Crippen LogP contribution in [0.25, 0.3) is 11.3 Å². The molecule has 198 valence electrons. The van der Waals surface area contributed by atoms with E-state index in [2.05, 4.69) is 31.2 Å². The van der Waals surface area contributed by atoms with E-state index >= 15 is 0 Å². The van der Waals surface area contributed by atoms with Gasteiger partial charge in [0.1, 0.15) is 5.82 Å². The molecule has 0 atom stereocenters. The minimum Gasteiger partial charge on any atom is -0.367 e. The van der Waals surface area contributed by atoms with Crippen LogP contribution in [0.5, 0.6) is 0 Å². The van der Waals surface area contributed by atoms with Crippen LogP contribution in [0.3, 0.4) is 0 Å². The van der Waals surface area contributed by atoms with Gasteiger partial charge in [0.25, 0.3) is 5.91 Å². The fourth-order valence-electron chi connectivity index (χ4n) is 4.52. The number of benzene rings is 1. The number of urea groups is 1. The first kappa shape index (κ1) is 25.7. The van der Waals surface area contributed by atoms with Gasteiger partial charge in [0.15, 0.2) is 0 Å². The second kappa shape index (κ2) is 12.5. The van der Waals surface area contributed by atoms with Crippen LogP contribution in [0.15, 0.2) is 60.9 Å². The van der Waals surface area contributed by atoms with E-state index in [1.807, 2.05) is 48.5 Å². The first-order chi connectivity index (χ1) is 18.6. The summed E-state index contributed by atoms with van der Waals surface area (Å²) < 4.78 is 0. The molecule has 1 aliphatic heterocycles. The minimum atomic E-state index is -0.286. The van der Waals surface area contributed by atoms with Crippen LogP contribution in [0.4, 0.5) is 16.3 Å². The van der Waals surface area contributed by atoms with E-state index in [1.54, 1.807) is 12.4 Å². The summed E-state index contributed by atoms with van der Waals surface area (Å²) in [7, 11) is 0. The van der Waals surface area contributed by atoms with Gasteiger partial charge in [-0.15, -0.1) is 0 Å². The number of carbonyl (C=O) groups excluding carboxylic acids is 2. The Morgan fingerprint density at radius 3 is 2.50 bits per heavy atom. The van der Waals surface area contributed by atoms with Gasteiger partial charge in [-0.25, -0.2) is 9.78 Å². The summed E-state index contributed by atoms with van der Waals surface area (Å²) in [6, 6.07) is 15.1. The molecule has 2 aliphatic rings. The van der Waals surface area contributed by atoms with E-state index in [0.29, 0.717) is 36.2 Å². The van der Waals surface area contributed by atoms with Crippen LogP contribution in [0, 0.1) is 0 Å². The molecule has 3 heterocycles. The van der Waals surface area contributed by atoms with Crippen molar-refractivity contribution in [1.29, 1.82) is 0 Å². The second-order valence-electron chi connectivity index (χ2n) is 9.92. The summed E-state index contributed by atoms with van der Waals surface area (Å²) in [5.41, 5.74) is 3.85. The first-order valence-electron chi connectivity index (χ1n) is 13.5. The van der Waals surface area contributed by atoms with Crippen molar-refractivity contribution >= 4 is 23.4 Å². The Morgan fingerprint density at radius 1 is 0.947 bits per heavy atom. The van der Waals surface area contributed by atoms with Crippen molar-refractivity contribution in [3.8, 4) is 11.3 Å². The molecule has 5 rings (SSSR count). The van der Waals surface area contributed by atoms with Crippen molar-refractivity contribution < 1.29 is 9.59 Å². The van der Waals surface area contributed by atoms with Gasteiger partial charge in [-0.1, -0.05) is 24.6 Å². The lowest BCUT2D eigenvalue weighted by Crippen LogP contribution is -2.37. The van der Waals surface area contributed by atoms with Crippen LogP contribution < -0.4 is 21.3 Å². The molecule has 0 radical (unpaired) electrons. The largest absolute Gasteiger partial charge is 0.367 e. The highest BCUT2D eigenvalue weighted by Crippen LogP contribution is 2.28. The molecule has 38 heavy (non-hydrogen) atoms. The van der Waals surface area contributed by atoms with Gasteiger partial charge in [-0.2, -0.15) is 0 Å². The number of carbonyl (C=O) groups is 2. The average molecular weight is 514 g/mol. The highest BCUT2D eigenvalue weighted by molar-refractivity contribution is 5.99. The average Bonchev–Trinajstić information content (AvgIpc) is 3.77. The van der Waals surface area contributed by atoms with Crippen molar-refractivity contribution in [3.05, 3.63) is 72.1 Å². The predicted octanol–water partition coefficient (Wildman–Crippen LogP) is 4.26. The minimum absolute atomic E-state index is 0.0962. The Balaban J connectivity index is 1.19. The molecule has 3 aromatic rings. The summed E-state index contributed by atoms with van der Waals surface area (Å²) in [6.07, 6.45) is 9.38. The third-order valence-electron chi connectivity index (χ3n) is 6.83. The van der Waals surface area contributed by atoms with Crippen molar-refractivity contribution in [1.82, 2.24) is 25.5 Å². The summed E-state index contributed by atoms with van der Waals surface area (Å²) in [5.74, 6) is 0.526. The fourth-order valence-corrected chi connectivity index (χ4v) is 4.52. The number of anilines is 2. The van der Waals surface area contributed by atoms with E-state index in [4.69, 9.17) is 4.98 Å². The third kappa shape index (κ3) is 7.29. The van der Waals surface area contributed by atoms with Gasteiger partial charge in [0.2, 0.25) is 0 Å². The Hall–Kier alpha value is -3.98. The molecule has 1 aromatic carbocycles. The van der Waals surface area contributed by atoms with Crippen molar-refractivity contribution in [2.75, 3.05) is 36.8 Å². The third-order valence-corrected chi connectivity index (χ3v) is 6.83. The number of nitrogens with zero attached hydrogens (tertiary/aromatic N) is 3. The van der Waals surface area contributed by atoms with Gasteiger partial charge in [0.05, 0.1) is 11.3 Å². The lowest BCUT2D eigenvalue weighted by molar-refractivity contribution is 0.0947. The molecule has 3 amide bonds. The summed E-state index contributed by atoms with van der Waals surface area (Å²) >= 11 is 0. The Morgan fingerprint density at radius 2 is 1.76 bits per heavy atom. The molecule has 0 bridgehead atoms. The maximum absolute atomic E-state index is 13.0. The van der Waals surface area contributed by atoms with E-state index in [1.165, 1.54) is 19.3 Å². The van der Waals surface area contributed by atoms with Crippen molar-refractivity contribution in [3.63, 3.8) is 0 Å². The number of amides is 3. The zero-order chi connectivity index (χ0) is 26.2. The molecule has 0 unspecified atom stereocenters. The fraction of sp³-hybridized carbons (Fsp3) is 0.379. The number of rotatable bonds is 10. The van der Waals surface area contributed by atoms with Gasteiger partial charge in [-0.05, 0) is 74.7 Å². The molecule has 9 heteroatoms. The zero-order valence-electron chi connectivity index (χ0n) is 21.6.